The molecular weight excluding hydrogens is 366 g/mol. The van der Waals surface area contributed by atoms with E-state index in [1.165, 1.54) is 4.57 Å². The maximum Gasteiger partial charge on any atom is 0.329 e. The molecule has 0 atom stereocenters. The van der Waals surface area contributed by atoms with Crippen molar-refractivity contribution >= 4 is 28.5 Å². The highest BCUT2D eigenvalue weighted by atomic mass is 35.5. The number of fused-ring (bicyclic) bond motifs is 1. The van der Waals surface area contributed by atoms with E-state index >= 15 is 0 Å². The lowest BCUT2D eigenvalue weighted by Gasteiger charge is -2.18. The van der Waals surface area contributed by atoms with Gasteiger partial charge in [0.2, 0.25) is 5.91 Å². The second kappa shape index (κ2) is 8.31. The van der Waals surface area contributed by atoms with Gasteiger partial charge >= 0.3 is 5.69 Å². The molecule has 27 heavy (non-hydrogen) atoms. The quantitative estimate of drug-likeness (QED) is 0.626. The lowest BCUT2D eigenvalue weighted by Crippen LogP contribution is -2.36. The molecular formula is C20H22ClN3O3. The number of hydrogen-bond acceptors (Lipinski definition) is 3. The molecule has 1 aromatic heterocycles. The third-order valence-corrected chi connectivity index (χ3v) is 4.79. The lowest BCUT2D eigenvalue weighted by atomic mass is 10.3. The van der Waals surface area contributed by atoms with Crippen LogP contribution in [0.1, 0.15) is 6.92 Å². The number of imidazole rings is 1. The molecule has 0 unspecified atom stereocenters. The summed E-state index contributed by atoms with van der Waals surface area (Å²) in [7, 11) is 1.70. The van der Waals surface area contributed by atoms with Gasteiger partial charge in [0.25, 0.3) is 0 Å². The van der Waals surface area contributed by atoms with Crippen molar-refractivity contribution in [1.82, 2.24) is 14.0 Å². The van der Waals surface area contributed by atoms with Gasteiger partial charge in [0.1, 0.15) is 18.9 Å². The van der Waals surface area contributed by atoms with Gasteiger partial charge in [-0.1, -0.05) is 35.9 Å². The van der Waals surface area contributed by atoms with Crippen molar-refractivity contribution in [2.45, 2.75) is 20.0 Å². The zero-order chi connectivity index (χ0) is 19.4. The molecule has 0 spiro atoms. The molecule has 0 N–H and O–H groups in total. The summed E-state index contributed by atoms with van der Waals surface area (Å²) in [6.07, 6.45) is 0. The number of aryl methyl sites for hydroxylation is 1. The second-order valence-electron chi connectivity index (χ2n) is 6.20. The Bertz CT molecular complexity index is 1010. The van der Waals surface area contributed by atoms with E-state index in [-0.39, 0.29) is 18.1 Å². The third-order valence-electron chi connectivity index (χ3n) is 4.48. The number of carbonyl (C=O) groups excluding carboxylic acids is 1. The first-order valence-corrected chi connectivity index (χ1v) is 9.20. The van der Waals surface area contributed by atoms with E-state index in [9.17, 15) is 9.59 Å². The summed E-state index contributed by atoms with van der Waals surface area (Å²) in [4.78, 5) is 26.8. The van der Waals surface area contributed by atoms with Crippen molar-refractivity contribution in [3.63, 3.8) is 0 Å². The van der Waals surface area contributed by atoms with Crippen LogP contribution in [0, 0.1) is 0 Å². The fraction of sp³-hybridized carbons (Fsp3) is 0.300. The van der Waals surface area contributed by atoms with Crippen LogP contribution in [0.4, 0.5) is 0 Å². The Morgan fingerprint density at radius 2 is 1.70 bits per heavy atom. The van der Waals surface area contributed by atoms with Gasteiger partial charge in [-0.05, 0) is 31.2 Å². The number of benzene rings is 2. The third kappa shape index (κ3) is 4.01. The van der Waals surface area contributed by atoms with Gasteiger partial charge in [-0.15, -0.1) is 0 Å². The largest absolute Gasteiger partial charge is 0.490 e. The minimum absolute atomic E-state index is 0.00502. The van der Waals surface area contributed by atoms with Crippen LogP contribution in [0.25, 0.3) is 11.0 Å². The number of ether oxygens (including phenoxy) is 1. The Balaban J connectivity index is 1.67. The Hall–Kier alpha value is -2.73. The summed E-state index contributed by atoms with van der Waals surface area (Å²) >= 11 is 6.05. The molecule has 0 saturated heterocycles. The first-order valence-electron chi connectivity index (χ1n) is 8.82. The minimum atomic E-state index is -0.173. The van der Waals surface area contributed by atoms with Crippen LogP contribution in [-0.4, -0.2) is 40.1 Å². The molecule has 0 aliphatic rings. The van der Waals surface area contributed by atoms with Gasteiger partial charge in [0, 0.05) is 13.6 Å². The SMILES string of the molecule is CCn1c(=O)n(CC(=O)N(C)CCOc2ccccc2Cl)c2ccccc21. The van der Waals surface area contributed by atoms with Crippen LogP contribution < -0.4 is 10.4 Å². The molecule has 1 amide bonds. The molecule has 6 nitrogen and oxygen atoms in total. The van der Waals surface area contributed by atoms with Crippen molar-refractivity contribution in [1.29, 1.82) is 0 Å². The first kappa shape index (κ1) is 19.0. The topological polar surface area (TPSA) is 56.5 Å². The Morgan fingerprint density at radius 3 is 2.37 bits per heavy atom. The van der Waals surface area contributed by atoms with Gasteiger partial charge in [-0.3, -0.25) is 13.9 Å². The molecule has 3 aromatic rings. The molecule has 0 radical (unpaired) electrons. The van der Waals surface area contributed by atoms with Crippen LogP contribution in [0.2, 0.25) is 5.02 Å². The molecule has 0 aliphatic heterocycles. The number of para-hydroxylation sites is 3. The van der Waals surface area contributed by atoms with Crippen LogP contribution >= 0.6 is 11.6 Å². The number of likely N-dealkylation sites (N-methyl/N-ethyl adjacent to an activating group) is 1. The Labute approximate surface area is 162 Å². The first-order chi connectivity index (χ1) is 13.0. The monoisotopic (exact) mass is 387 g/mol. The predicted octanol–water partition coefficient (Wildman–Crippen LogP) is 3.01. The van der Waals surface area contributed by atoms with Crippen LogP contribution in [0.15, 0.2) is 53.3 Å². The van der Waals surface area contributed by atoms with Crippen molar-refractivity contribution < 1.29 is 9.53 Å². The van der Waals surface area contributed by atoms with Crippen molar-refractivity contribution in [3.05, 3.63) is 64.0 Å². The van der Waals surface area contributed by atoms with Crippen LogP contribution in [0.3, 0.4) is 0 Å². The fourth-order valence-corrected chi connectivity index (χ4v) is 3.16. The molecule has 0 bridgehead atoms. The van der Waals surface area contributed by atoms with Crippen molar-refractivity contribution in [2.24, 2.45) is 0 Å². The number of halogens is 1. The highest BCUT2D eigenvalue weighted by molar-refractivity contribution is 6.32. The molecule has 3 rings (SSSR count). The molecule has 2 aromatic carbocycles. The average Bonchev–Trinajstić information content (AvgIpc) is 2.94. The van der Waals surface area contributed by atoms with E-state index in [1.807, 2.05) is 43.3 Å². The Kier molecular flexibility index (Phi) is 5.86. The van der Waals surface area contributed by atoms with E-state index in [0.717, 1.165) is 11.0 Å². The maximum atomic E-state index is 12.6. The van der Waals surface area contributed by atoms with E-state index in [4.69, 9.17) is 16.3 Å². The highest BCUT2D eigenvalue weighted by Gasteiger charge is 2.16. The maximum absolute atomic E-state index is 12.6. The molecule has 7 heteroatoms. The summed E-state index contributed by atoms with van der Waals surface area (Å²) in [5.74, 6) is 0.432. The van der Waals surface area contributed by atoms with Crippen molar-refractivity contribution in [2.75, 3.05) is 20.2 Å². The highest BCUT2D eigenvalue weighted by Crippen LogP contribution is 2.22. The van der Waals surface area contributed by atoms with Gasteiger partial charge in [0.05, 0.1) is 22.6 Å². The molecule has 0 aliphatic carbocycles. The number of carbonyl (C=O) groups is 1. The summed E-state index contributed by atoms with van der Waals surface area (Å²) in [5, 5.41) is 0.533. The molecule has 0 fully saturated rings. The standard InChI is InChI=1S/C20H22ClN3O3/c1-3-23-16-9-5-6-10-17(16)24(20(23)26)14-19(25)22(2)12-13-27-18-11-7-4-8-15(18)21/h4-11H,3,12-14H2,1-2H3. The second-order valence-corrected chi connectivity index (χ2v) is 6.60. The van der Waals surface area contributed by atoms with Gasteiger partial charge in [0.15, 0.2) is 0 Å². The van der Waals surface area contributed by atoms with Crippen LogP contribution in [-0.2, 0) is 17.9 Å². The van der Waals surface area contributed by atoms with E-state index in [1.54, 1.807) is 28.6 Å². The van der Waals surface area contributed by atoms with E-state index in [2.05, 4.69) is 0 Å². The minimum Gasteiger partial charge on any atom is -0.490 e. The number of rotatable bonds is 7. The number of aromatic nitrogens is 2. The van der Waals surface area contributed by atoms with Crippen LogP contribution in [0.5, 0.6) is 5.75 Å². The number of nitrogens with zero attached hydrogens (tertiary/aromatic N) is 3. The normalized spacial score (nSPS) is 10.9. The van der Waals surface area contributed by atoms with Gasteiger partial charge in [-0.2, -0.15) is 0 Å². The lowest BCUT2D eigenvalue weighted by molar-refractivity contribution is -0.130. The van der Waals surface area contributed by atoms with Crippen molar-refractivity contribution in [3.8, 4) is 5.75 Å². The molecule has 1 heterocycles. The number of hydrogen-bond donors (Lipinski definition) is 0. The predicted molar refractivity (Wildman–Crippen MR) is 106 cm³/mol. The fourth-order valence-electron chi connectivity index (χ4n) is 2.97. The Morgan fingerprint density at radius 1 is 1.07 bits per heavy atom. The summed E-state index contributed by atoms with van der Waals surface area (Å²) in [6, 6.07) is 14.7. The molecule has 0 saturated carbocycles. The number of amides is 1. The summed E-state index contributed by atoms with van der Waals surface area (Å²) in [5.41, 5.74) is 1.42. The summed E-state index contributed by atoms with van der Waals surface area (Å²) < 4.78 is 8.81. The summed E-state index contributed by atoms with van der Waals surface area (Å²) in [6.45, 7) is 3.18. The average molecular weight is 388 g/mol. The van der Waals surface area contributed by atoms with E-state index < -0.39 is 0 Å². The van der Waals surface area contributed by atoms with Gasteiger partial charge < -0.3 is 9.64 Å². The van der Waals surface area contributed by atoms with E-state index in [0.29, 0.717) is 30.5 Å². The zero-order valence-electron chi connectivity index (χ0n) is 15.4. The smallest absolute Gasteiger partial charge is 0.329 e. The molecule has 142 valence electrons. The zero-order valence-corrected chi connectivity index (χ0v) is 16.1. The van der Waals surface area contributed by atoms with Gasteiger partial charge in [-0.25, -0.2) is 4.79 Å².